The van der Waals surface area contributed by atoms with Crippen LogP contribution >= 0.6 is 0 Å². The van der Waals surface area contributed by atoms with Gasteiger partial charge in [0.1, 0.15) is 0 Å². The summed E-state index contributed by atoms with van der Waals surface area (Å²) in [7, 11) is -1.54. The van der Waals surface area contributed by atoms with Crippen LogP contribution < -0.4 is 0 Å². The van der Waals surface area contributed by atoms with E-state index in [4.69, 9.17) is 9.47 Å². The lowest BCUT2D eigenvalue weighted by Gasteiger charge is -2.38. The largest absolute Gasteiger partial charge is 0.465 e. The van der Waals surface area contributed by atoms with E-state index in [1.54, 1.807) is 13.8 Å². The summed E-state index contributed by atoms with van der Waals surface area (Å²) in [6.07, 6.45) is 6.36. The molecule has 0 radical (unpaired) electrons. The first-order valence-electron chi connectivity index (χ1n) is 8.29. The zero-order valence-corrected chi connectivity index (χ0v) is 16.4. The quantitative estimate of drug-likeness (QED) is 0.420. The number of ether oxygens (including phenoxy) is 2. The summed E-state index contributed by atoms with van der Waals surface area (Å²) in [5.41, 5.74) is -0.312. The van der Waals surface area contributed by atoms with Crippen LogP contribution in [-0.2, 0) is 19.1 Å². The van der Waals surface area contributed by atoms with Gasteiger partial charge in [-0.05, 0) is 19.3 Å². The molecule has 130 valence electrons. The second kappa shape index (κ2) is 7.47. The van der Waals surface area contributed by atoms with Gasteiger partial charge >= 0.3 is 11.9 Å². The molecule has 1 aliphatic carbocycles. The second-order valence-electron chi connectivity index (χ2n) is 7.53. The van der Waals surface area contributed by atoms with Crippen molar-refractivity contribution in [1.82, 2.24) is 0 Å². The SMILES string of the molecule is CCOC(=O)C(C(=O)OCC)C1C=C([Si](C)(C)C)C=CC1(C)C. The van der Waals surface area contributed by atoms with Crippen LogP contribution in [0.2, 0.25) is 19.6 Å². The highest BCUT2D eigenvalue weighted by Crippen LogP contribution is 2.42. The molecule has 0 saturated carbocycles. The minimum Gasteiger partial charge on any atom is -0.465 e. The van der Waals surface area contributed by atoms with Crippen molar-refractivity contribution >= 4 is 20.0 Å². The van der Waals surface area contributed by atoms with Gasteiger partial charge in [-0.1, -0.05) is 56.9 Å². The highest BCUT2D eigenvalue weighted by atomic mass is 28.3. The van der Waals surface area contributed by atoms with Crippen molar-refractivity contribution in [2.45, 2.75) is 47.3 Å². The van der Waals surface area contributed by atoms with Gasteiger partial charge in [0.25, 0.3) is 0 Å². The molecule has 0 amide bonds. The van der Waals surface area contributed by atoms with Gasteiger partial charge in [0.2, 0.25) is 0 Å². The van der Waals surface area contributed by atoms with Crippen LogP contribution in [0.5, 0.6) is 0 Å². The molecule has 0 saturated heterocycles. The molecule has 23 heavy (non-hydrogen) atoms. The number of hydrogen-bond acceptors (Lipinski definition) is 4. The highest BCUT2D eigenvalue weighted by molar-refractivity contribution is 6.83. The number of allylic oxidation sites excluding steroid dienone is 4. The van der Waals surface area contributed by atoms with Crippen molar-refractivity contribution in [2.24, 2.45) is 17.3 Å². The third-order valence-corrected chi connectivity index (χ3v) is 6.28. The Morgan fingerprint density at radius 1 is 1.13 bits per heavy atom. The van der Waals surface area contributed by atoms with Crippen molar-refractivity contribution in [3.63, 3.8) is 0 Å². The van der Waals surface area contributed by atoms with E-state index in [0.29, 0.717) is 0 Å². The molecule has 0 aromatic rings. The summed E-state index contributed by atoms with van der Waals surface area (Å²) < 4.78 is 10.3. The van der Waals surface area contributed by atoms with Crippen LogP contribution in [0.25, 0.3) is 0 Å². The Balaban J connectivity index is 3.29. The van der Waals surface area contributed by atoms with Crippen LogP contribution in [0.3, 0.4) is 0 Å². The second-order valence-corrected chi connectivity index (χ2v) is 12.6. The highest BCUT2D eigenvalue weighted by Gasteiger charge is 2.45. The summed E-state index contributed by atoms with van der Waals surface area (Å²) in [4.78, 5) is 24.9. The summed E-state index contributed by atoms with van der Waals surface area (Å²) in [6.45, 7) is 14.8. The summed E-state index contributed by atoms with van der Waals surface area (Å²) in [6, 6.07) is 0. The van der Waals surface area contributed by atoms with Gasteiger partial charge in [0, 0.05) is 5.92 Å². The molecule has 0 N–H and O–H groups in total. The molecule has 5 heteroatoms. The fraction of sp³-hybridized carbons (Fsp3) is 0.667. The Morgan fingerprint density at radius 2 is 1.61 bits per heavy atom. The van der Waals surface area contributed by atoms with E-state index < -0.39 is 25.9 Å². The molecule has 0 bridgehead atoms. The van der Waals surface area contributed by atoms with E-state index in [0.717, 1.165) is 0 Å². The lowest BCUT2D eigenvalue weighted by Crippen LogP contribution is -2.42. The van der Waals surface area contributed by atoms with E-state index in [9.17, 15) is 9.59 Å². The minimum atomic E-state index is -1.54. The molecule has 0 heterocycles. The van der Waals surface area contributed by atoms with Crippen LogP contribution in [0.15, 0.2) is 23.4 Å². The molecule has 0 fully saturated rings. The van der Waals surface area contributed by atoms with E-state index in [1.165, 1.54) is 5.20 Å². The van der Waals surface area contributed by atoms with E-state index in [2.05, 4.69) is 37.9 Å². The maximum Gasteiger partial charge on any atom is 0.320 e. The predicted octanol–water partition coefficient (Wildman–Crippen LogP) is 3.74. The van der Waals surface area contributed by atoms with Gasteiger partial charge in [0.15, 0.2) is 5.92 Å². The van der Waals surface area contributed by atoms with Gasteiger partial charge in [-0.3, -0.25) is 9.59 Å². The van der Waals surface area contributed by atoms with Gasteiger partial charge in [0.05, 0.1) is 21.3 Å². The molecule has 1 atom stereocenters. The van der Waals surface area contributed by atoms with Crippen molar-refractivity contribution in [2.75, 3.05) is 13.2 Å². The normalized spacial score (nSPS) is 20.2. The summed E-state index contributed by atoms with van der Waals surface area (Å²) >= 11 is 0. The van der Waals surface area contributed by atoms with Gasteiger partial charge in [-0.25, -0.2) is 0 Å². The number of carbonyl (C=O) groups is 2. The third-order valence-electron chi connectivity index (χ3n) is 4.22. The number of esters is 2. The molecule has 4 nitrogen and oxygen atoms in total. The average Bonchev–Trinajstić information content (AvgIpc) is 2.40. The van der Waals surface area contributed by atoms with E-state index >= 15 is 0 Å². The van der Waals surface area contributed by atoms with E-state index in [-0.39, 0.29) is 24.5 Å². The Kier molecular flexibility index (Phi) is 6.39. The molecule has 1 rings (SSSR count). The smallest absolute Gasteiger partial charge is 0.320 e. The Labute approximate surface area is 140 Å². The zero-order chi connectivity index (χ0) is 17.8. The fourth-order valence-corrected chi connectivity index (χ4v) is 4.02. The lowest BCUT2D eigenvalue weighted by molar-refractivity contribution is -0.165. The molecule has 0 spiro atoms. The van der Waals surface area contributed by atoms with Crippen LogP contribution in [0.4, 0.5) is 0 Å². The van der Waals surface area contributed by atoms with Crippen LogP contribution in [-0.4, -0.2) is 33.2 Å². The fourth-order valence-electron chi connectivity index (χ4n) is 2.76. The summed E-state index contributed by atoms with van der Waals surface area (Å²) in [5, 5.41) is 1.25. The number of hydrogen-bond donors (Lipinski definition) is 0. The van der Waals surface area contributed by atoms with Crippen molar-refractivity contribution in [3.8, 4) is 0 Å². The number of rotatable bonds is 6. The van der Waals surface area contributed by atoms with E-state index in [1.807, 2.05) is 13.8 Å². The van der Waals surface area contributed by atoms with Crippen molar-refractivity contribution in [3.05, 3.63) is 23.4 Å². The predicted molar refractivity (Wildman–Crippen MR) is 94.6 cm³/mol. The molecular formula is C18H30O4Si. The van der Waals surface area contributed by atoms with Crippen molar-refractivity contribution in [1.29, 1.82) is 0 Å². The molecule has 0 aromatic carbocycles. The van der Waals surface area contributed by atoms with Gasteiger partial charge in [-0.15, -0.1) is 0 Å². The Hall–Kier alpha value is -1.36. The third kappa shape index (κ3) is 4.80. The minimum absolute atomic E-state index is 0.252. The maximum absolute atomic E-state index is 12.4. The Morgan fingerprint density at radius 3 is 2.00 bits per heavy atom. The van der Waals surface area contributed by atoms with Crippen molar-refractivity contribution < 1.29 is 19.1 Å². The van der Waals surface area contributed by atoms with Gasteiger partial charge < -0.3 is 9.47 Å². The first-order valence-corrected chi connectivity index (χ1v) is 11.8. The molecule has 0 aliphatic heterocycles. The van der Waals surface area contributed by atoms with Gasteiger partial charge in [-0.2, -0.15) is 0 Å². The Bertz CT molecular complexity index is 494. The molecule has 1 aliphatic rings. The summed E-state index contributed by atoms with van der Waals surface area (Å²) in [5.74, 6) is -2.16. The monoisotopic (exact) mass is 338 g/mol. The topological polar surface area (TPSA) is 52.6 Å². The van der Waals surface area contributed by atoms with Crippen LogP contribution in [0.1, 0.15) is 27.7 Å². The lowest BCUT2D eigenvalue weighted by atomic mass is 9.69. The first-order chi connectivity index (χ1) is 10.5. The molecule has 0 aromatic heterocycles. The van der Waals surface area contributed by atoms with Crippen LogP contribution in [0, 0.1) is 17.3 Å². The first kappa shape index (κ1) is 19.7. The molecular weight excluding hydrogens is 308 g/mol. The number of carbonyl (C=O) groups excluding carboxylic acids is 2. The zero-order valence-electron chi connectivity index (χ0n) is 15.4. The maximum atomic E-state index is 12.4. The molecule has 1 unspecified atom stereocenters. The standard InChI is InChI=1S/C18H30O4Si/c1-8-21-16(19)15(17(20)22-9-2)14-12-13(23(5,6)7)10-11-18(14,3)4/h10-12,14-15H,8-9H2,1-7H3. The average molecular weight is 339 g/mol.